The fraction of sp³-hybridized carbons (Fsp3) is 0.483. The smallest absolute Gasteiger partial charge is 0.408 e. The number of benzene rings is 2. The summed E-state index contributed by atoms with van der Waals surface area (Å²) in [6.07, 6.45) is 5.47. The molecule has 0 heterocycles. The van der Waals surface area contributed by atoms with Crippen LogP contribution in [0.1, 0.15) is 82.4 Å². The number of nitrogens with zero attached hydrogens (tertiary/aromatic N) is 1. The first-order valence-electron chi connectivity index (χ1n) is 12.8. The van der Waals surface area contributed by atoms with Gasteiger partial charge in [0.15, 0.2) is 0 Å². The second kappa shape index (κ2) is 12.5. The summed E-state index contributed by atoms with van der Waals surface area (Å²) < 4.78 is 0. The monoisotopic (exact) mass is 478 g/mol. The van der Waals surface area contributed by atoms with E-state index in [4.69, 9.17) is 0 Å². The van der Waals surface area contributed by atoms with Crippen molar-refractivity contribution < 1.29 is 19.5 Å². The normalized spacial score (nSPS) is 16.6. The van der Waals surface area contributed by atoms with Crippen LogP contribution in [0.3, 0.4) is 0 Å². The van der Waals surface area contributed by atoms with Gasteiger partial charge in [0.25, 0.3) is 5.91 Å². The number of unbranched alkanes of at least 4 members (excludes halogenated alkanes) is 1. The molecule has 6 nitrogen and oxygen atoms in total. The van der Waals surface area contributed by atoms with Gasteiger partial charge in [-0.15, -0.1) is 0 Å². The van der Waals surface area contributed by atoms with Gasteiger partial charge in [0.2, 0.25) is 5.78 Å². The van der Waals surface area contributed by atoms with Crippen LogP contribution in [-0.4, -0.2) is 39.4 Å². The van der Waals surface area contributed by atoms with E-state index in [2.05, 4.69) is 5.32 Å². The molecule has 0 radical (unpaired) electrons. The van der Waals surface area contributed by atoms with Crippen molar-refractivity contribution in [2.75, 3.05) is 0 Å². The molecule has 0 unspecified atom stereocenters. The topological polar surface area (TPSA) is 86.7 Å². The number of hydrogen-bond donors (Lipinski definition) is 2. The molecule has 1 aliphatic carbocycles. The van der Waals surface area contributed by atoms with E-state index >= 15 is 0 Å². The standard InChI is InChI=1S/C29H38N2O4/c1-3-4-18-25(26(32)27(33)30-22(2)24-16-10-6-11-17-24)31(28(34)35)29(19-12-7-13-20-29)21-23-14-8-5-9-15-23/h5-6,8-11,14-17,22,25H,3-4,7,12-13,18-21H2,1-2H3,(H,30,33)(H,34,35)/t22-,25+/m1/s1. The minimum absolute atomic E-state index is 0.339. The number of rotatable bonds is 11. The predicted molar refractivity (Wildman–Crippen MR) is 137 cm³/mol. The highest BCUT2D eigenvalue weighted by molar-refractivity contribution is 6.38. The molecule has 6 heteroatoms. The van der Waals surface area contributed by atoms with Crippen molar-refractivity contribution >= 4 is 17.8 Å². The van der Waals surface area contributed by atoms with Crippen LogP contribution in [0, 0.1) is 0 Å². The molecule has 2 amide bonds. The number of hydrogen-bond acceptors (Lipinski definition) is 3. The first kappa shape index (κ1) is 26.5. The maximum absolute atomic E-state index is 13.6. The van der Waals surface area contributed by atoms with Crippen LogP contribution in [0.15, 0.2) is 60.7 Å². The van der Waals surface area contributed by atoms with Gasteiger partial charge in [-0.1, -0.05) is 99.7 Å². The minimum Gasteiger partial charge on any atom is -0.465 e. The third kappa shape index (κ3) is 6.71. The molecule has 2 aromatic rings. The summed E-state index contributed by atoms with van der Waals surface area (Å²) in [6.45, 7) is 3.83. The highest BCUT2D eigenvalue weighted by atomic mass is 16.4. The minimum atomic E-state index is -1.12. The second-order valence-corrected chi connectivity index (χ2v) is 9.73. The predicted octanol–water partition coefficient (Wildman–Crippen LogP) is 5.92. The lowest BCUT2D eigenvalue weighted by Gasteiger charge is -2.48. The zero-order valence-electron chi connectivity index (χ0n) is 20.9. The maximum atomic E-state index is 13.6. The lowest BCUT2D eigenvalue weighted by atomic mass is 9.75. The van der Waals surface area contributed by atoms with Crippen molar-refractivity contribution in [2.45, 2.75) is 89.3 Å². The molecule has 35 heavy (non-hydrogen) atoms. The van der Waals surface area contributed by atoms with E-state index in [1.807, 2.05) is 74.5 Å². The molecule has 1 saturated carbocycles. The van der Waals surface area contributed by atoms with Crippen molar-refractivity contribution in [1.29, 1.82) is 0 Å². The van der Waals surface area contributed by atoms with Crippen molar-refractivity contribution in [3.8, 4) is 0 Å². The molecule has 0 bridgehead atoms. The lowest BCUT2D eigenvalue weighted by Crippen LogP contribution is -2.62. The van der Waals surface area contributed by atoms with Gasteiger partial charge in [-0.05, 0) is 43.7 Å². The molecule has 1 aliphatic rings. The number of amides is 2. The second-order valence-electron chi connectivity index (χ2n) is 9.73. The fourth-order valence-corrected chi connectivity index (χ4v) is 5.37. The van der Waals surface area contributed by atoms with Gasteiger partial charge < -0.3 is 10.4 Å². The Kier molecular flexibility index (Phi) is 9.47. The highest BCUT2D eigenvalue weighted by Crippen LogP contribution is 2.39. The molecule has 0 aromatic heterocycles. The Balaban J connectivity index is 1.92. The Labute approximate surface area is 208 Å². The van der Waals surface area contributed by atoms with Gasteiger partial charge in [0, 0.05) is 0 Å². The molecule has 3 rings (SSSR count). The number of carboxylic acid groups (broad SMARTS) is 1. The molecular weight excluding hydrogens is 440 g/mol. The summed E-state index contributed by atoms with van der Waals surface area (Å²) in [4.78, 5) is 40.9. The van der Waals surface area contributed by atoms with Gasteiger partial charge in [0.05, 0.1) is 11.6 Å². The maximum Gasteiger partial charge on any atom is 0.408 e. The quantitative estimate of drug-likeness (QED) is 0.393. The molecule has 2 atom stereocenters. The number of carbonyl (C=O) groups is 3. The van der Waals surface area contributed by atoms with Crippen LogP contribution in [0.25, 0.3) is 0 Å². The number of Topliss-reactive ketones (excluding diaryl/α,β-unsaturated/α-hetero) is 1. The molecule has 0 saturated heterocycles. The third-order valence-electron chi connectivity index (χ3n) is 7.19. The Morgan fingerprint density at radius 1 is 0.971 bits per heavy atom. The van der Waals surface area contributed by atoms with Crippen LogP contribution in [0.2, 0.25) is 0 Å². The molecule has 2 N–H and O–H groups in total. The van der Waals surface area contributed by atoms with Crippen molar-refractivity contribution in [3.63, 3.8) is 0 Å². The summed E-state index contributed by atoms with van der Waals surface area (Å²) in [5.74, 6) is -1.39. The third-order valence-corrected chi connectivity index (χ3v) is 7.19. The Bertz CT molecular complexity index is 971. The van der Waals surface area contributed by atoms with E-state index in [1.54, 1.807) is 0 Å². The van der Waals surface area contributed by atoms with Crippen molar-refractivity contribution in [1.82, 2.24) is 10.2 Å². The van der Waals surface area contributed by atoms with Gasteiger partial charge in [-0.25, -0.2) is 4.79 Å². The average Bonchev–Trinajstić information content (AvgIpc) is 2.87. The van der Waals surface area contributed by atoms with Gasteiger partial charge in [-0.3, -0.25) is 14.5 Å². The Hall–Kier alpha value is -3.15. The van der Waals surface area contributed by atoms with Crippen LogP contribution < -0.4 is 5.32 Å². The van der Waals surface area contributed by atoms with Gasteiger partial charge in [0.1, 0.15) is 6.04 Å². The number of nitrogens with one attached hydrogen (secondary N) is 1. The van der Waals surface area contributed by atoms with Crippen LogP contribution in [-0.2, 0) is 16.0 Å². The first-order valence-corrected chi connectivity index (χ1v) is 12.8. The Morgan fingerprint density at radius 2 is 1.57 bits per heavy atom. The molecule has 0 spiro atoms. The van der Waals surface area contributed by atoms with Crippen LogP contribution in [0.4, 0.5) is 4.79 Å². The molecule has 0 aliphatic heterocycles. The summed E-state index contributed by atoms with van der Waals surface area (Å²) >= 11 is 0. The lowest BCUT2D eigenvalue weighted by molar-refractivity contribution is -0.143. The van der Waals surface area contributed by atoms with E-state index in [1.165, 1.54) is 4.90 Å². The van der Waals surface area contributed by atoms with E-state index in [0.717, 1.165) is 36.8 Å². The van der Waals surface area contributed by atoms with Gasteiger partial charge >= 0.3 is 6.09 Å². The summed E-state index contributed by atoms with van der Waals surface area (Å²) in [5, 5.41) is 13.3. The largest absolute Gasteiger partial charge is 0.465 e. The zero-order valence-corrected chi connectivity index (χ0v) is 20.9. The summed E-state index contributed by atoms with van der Waals surface area (Å²) in [7, 11) is 0. The van der Waals surface area contributed by atoms with Crippen molar-refractivity contribution in [2.24, 2.45) is 0 Å². The zero-order chi connectivity index (χ0) is 25.3. The summed E-state index contributed by atoms with van der Waals surface area (Å²) in [6, 6.07) is 17.9. The first-order chi connectivity index (χ1) is 16.9. The fourth-order valence-electron chi connectivity index (χ4n) is 5.37. The van der Waals surface area contributed by atoms with Crippen molar-refractivity contribution in [3.05, 3.63) is 71.8 Å². The van der Waals surface area contributed by atoms with E-state index < -0.39 is 29.4 Å². The highest BCUT2D eigenvalue weighted by Gasteiger charge is 2.47. The van der Waals surface area contributed by atoms with E-state index in [0.29, 0.717) is 32.1 Å². The van der Waals surface area contributed by atoms with Crippen LogP contribution >= 0.6 is 0 Å². The molecule has 1 fully saturated rings. The molecular formula is C29H38N2O4. The molecule has 2 aromatic carbocycles. The van der Waals surface area contributed by atoms with E-state index in [9.17, 15) is 19.5 Å². The van der Waals surface area contributed by atoms with E-state index in [-0.39, 0.29) is 6.04 Å². The van der Waals surface area contributed by atoms with Crippen LogP contribution in [0.5, 0.6) is 0 Å². The Morgan fingerprint density at radius 3 is 2.14 bits per heavy atom. The SMILES string of the molecule is CCCC[C@@H](C(=O)C(=O)N[C@H](C)c1ccccc1)N(C(=O)O)C1(Cc2ccccc2)CCCCC1. The number of carbonyl (C=O) groups excluding carboxylic acids is 2. The number of ketones is 1. The average molecular weight is 479 g/mol. The van der Waals surface area contributed by atoms with Gasteiger partial charge in [-0.2, -0.15) is 0 Å². The summed E-state index contributed by atoms with van der Waals surface area (Å²) in [5.41, 5.74) is 1.23. The molecule has 188 valence electrons.